The summed E-state index contributed by atoms with van der Waals surface area (Å²) in [5.41, 5.74) is 0.699. The summed E-state index contributed by atoms with van der Waals surface area (Å²) in [6.45, 7) is 2.00. The smallest absolute Gasteiger partial charge is 0.374 e. The van der Waals surface area contributed by atoms with Gasteiger partial charge in [-0.2, -0.15) is 0 Å². The zero-order valence-electron chi connectivity index (χ0n) is 6.20. The van der Waals surface area contributed by atoms with Gasteiger partial charge in [0.2, 0.25) is 5.76 Å². The van der Waals surface area contributed by atoms with E-state index < -0.39 is 5.97 Å². The van der Waals surface area contributed by atoms with Gasteiger partial charge in [-0.05, 0) is 6.42 Å². The van der Waals surface area contributed by atoms with Crippen molar-refractivity contribution in [1.29, 1.82) is 0 Å². The maximum atomic E-state index is 10.3. The van der Waals surface area contributed by atoms with Crippen LogP contribution in [0.4, 0.5) is 0 Å². The van der Waals surface area contributed by atoms with Gasteiger partial charge in [0.05, 0.1) is 5.69 Å². The molecule has 4 heteroatoms. The molecule has 0 unspecified atom stereocenters. The SMILES string of the molecule is CCCc1cc(C(=O)O)on1. The van der Waals surface area contributed by atoms with Crippen LogP contribution in [0.2, 0.25) is 0 Å². The van der Waals surface area contributed by atoms with Crippen LogP contribution in [-0.2, 0) is 6.42 Å². The number of hydrogen-bond acceptors (Lipinski definition) is 3. The molecule has 0 fully saturated rings. The highest BCUT2D eigenvalue weighted by Crippen LogP contribution is 2.04. The third-order valence-corrected chi connectivity index (χ3v) is 1.28. The molecule has 1 aromatic rings. The molecular weight excluding hydrogens is 146 g/mol. The molecule has 0 amide bonds. The van der Waals surface area contributed by atoms with Crippen LogP contribution in [-0.4, -0.2) is 16.2 Å². The molecule has 1 N–H and O–H groups in total. The van der Waals surface area contributed by atoms with Crippen LogP contribution in [0.25, 0.3) is 0 Å². The van der Waals surface area contributed by atoms with Gasteiger partial charge < -0.3 is 9.63 Å². The molecule has 11 heavy (non-hydrogen) atoms. The average molecular weight is 155 g/mol. The maximum Gasteiger partial charge on any atom is 0.374 e. The van der Waals surface area contributed by atoms with Crippen LogP contribution in [0.1, 0.15) is 29.6 Å². The first kappa shape index (κ1) is 7.78. The molecular formula is C7H9NO3. The van der Waals surface area contributed by atoms with E-state index in [0.717, 1.165) is 12.8 Å². The molecule has 0 saturated heterocycles. The Morgan fingerprint density at radius 2 is 2.55 bits per heavy atom. The minimum Gasteiger partial charge on any atom is -0.475 e. The average Bonchev–Trinajstić information content (AvgIpc) is 2.37. The van der Waals surface area contributed by atoms with Gasteiger partial charge in [-0.15, -0.1) is 0 Å². The van der Waals surface area contributed by atoms with Crippen molar-refractivity contribution in [3.05, 3.63) is 17.5 Å². The number of hydrogen-bond donors (Lipinski definition) is 1. The summed E-state index contributed by atoms with van der Waals surface area (Å²) in [7, 11) is 0. The molecule has 0 bridgehead atoms. The van der Waals surface area contributed by atoms with Crippen molar-refractivity contribution < 1.29 is 14.4 Å². The van der Waals surface area contributed by atoms with Gasteiger partial charge in [0.1, 0.15) is 0 Å². The number of aromatic nitrogens is 1. The Labute approximate surface area is 63.8 Å². The van der Waals surface area contributed by atoms with Crippen LogP contribution in [0.5, 0.6) is 0 Å². The van der Waals surface area contributed by atoms with Crippen LogP contribution < -0.4 is 0 Å². The summed E-state index contributed by atoms with van der Waals surface area (Å²) >= 11 is 0. The number of carbonyl (C=O) groups is 1. The quantitative estimate of drug-likeness (QED) is 0.715. The first-order valence-corrected chi connectivity index (χ1v) is 3.43. The summed E-state index contributed by atoms with van der Waals surface area (Å²) in [5, 5.41) is 12.0. The van der Waals surface area contributed by atoms with Crippen LogP contribution in [0.3, 0.4) is 0 Å². The second kappa shape index (κ2) is 3.18. The zero-order valence-corrected chi connectivity index (χ0v) is 6.20. The fourth-order valence-electron chi connectivity index (χ4n) is 0.787. The highest BCUT2D eigenvalue weighted by atomic mass is 16.5. The van der Waals surface area contributed by atoms with Crippen LogP contribution in [0.15, 0.2) is 10.6 Å². The van der Waals surface area contributed by atoms with Crippen molar-refractivity contribution in [3.8, 4) is 0 Å². The molecule has 1 heterocycles. The molecule has 0 aliphatic heterocycles. The van der Waals surface area contributed by atoms with Gasteiger partial charge in [0.15, 0.2) is 0 Å². The Balaban J connectivity index is 2.73. The van der Waals surface area contributed by atoms with Crippen molar-refractivity contribution in [2.45, 2.75) is 19.8 Å². The molecule has 0 aromatic carbocycles. The zero-order chi connectivity index (χ0) is 8.27. The van der Waals surface area contributed by atoms with E-state index in [-0.39, 0.29) is 5.76 Å². The lowest BCUT2D eigenvalue weighted by atomic mass is 10.2. The van der Waals surface area contributed by atoms with E-state index in [9.17, 15) is 4.79 Å². The van der Waals surface area contributed by atoms with Crippen molar-refractivity contribution in [3.63, 3.8) is 0 Å². The summed E-state index contributed by atoms with van der Waals surface area (Å²) in [6, 6.07) is 1.45. The predicted molar refractivity (Wildman–Crippen MR) is 37.5 cm³/mol. The summed E-state index contributed by atoms with van der Waals surface area (Å²) < 4.78 is 4.53. The summed E-state index contributed by atoms with van der Waals surface area (Å²) in [4.78, 5) is 10.3. The topological polar surface area (TPSA) is 63.3 Å². The van der Waals surface area contributed by atoms with Crippen molar-refractivity contribution in [2.24, 2.45) is 0 Å². The third-order valence-electron chi connectivity index (χ3n) is 1.28. The third kappa shape index (κ3) is 1.80. The normalized spacial score (nSPS) is 9.91. The largest absolute Gasteiger partial charge is 0.475 e. The Hall–Kier alpha value is -1.32. The predicted octanol–water partition coefficient (Wildman–Crippen LogP) is 1.33. The second-order valence-electron chi connectivity index (χ2n) is 2.24. The molecule has 0 radical (unpaired) electrons. The number of nitrogens with zero attached hydrogens (tertiary/aromatic N) is 1. The molecule has 0 aliphatic carbocycles. The van der Waals surface area contributed by atoms with E-state index in [1.807, 2.05) is 6.92 Å². The Morgan fingerprint density at radius 3 is 3.00 bits per heavy atom. The highest BCUT2D eigenvalue weighted by Gasteiger charge is 2.09. The maximum absolute atomic E-state index is 10.3. The summed E-state index contributed by atoms with van der Waals surface area (Å²) in [6.07, 6.45) is 1.70. The standard InChI is InChI=1S/C7H9NO3/c1-2-3-5-4-6(7(9)10)11-8-5/h4H,2-3H2,1H3,(H,9,10). The molecule has 0 atom stereocenters. The van der Waals surface area contributed by atoms with Gasteiger partial charge in [-0.3, -0.25) is 0 Å². The fourth-order valence-corrected chi connectivity index (χ4v) is 0.787. The Kier molecular flexibility index (Phi) is 2.25. The highest BCUT2D eigenvalue weighted by molar-refractivity contribution is 5.84. The molecule has 1 rings (SSSR count). The molecule has 0 saturated carbocycles. The lowest BCUT2D eigenvalue weighted by Crippen LogP contribution is -1.91. The number of carboxylic acid groups (broad SMARTS) is 1. The van der Waals surface area contributed by atoms with Crippen molar-refractivity contribution >= 4 is 5.97 Å². The molecule has 0 spiro atoms. The van der Waals surface area contributed by atoms with Gasteiger partial charge in [0, 0.05) is 6.07 Å². The molecule has 0 aliphatic rings. The summed E-state index contributed by atoms with van der Waals surface area (Å²) in [5.74, 6) is -1.16. The van der Waals surface area contributed by atoms with Gasteiger partial charge in [-0.25, -0.2) is 4.79 Å². The lowest BCUT2D eigenvalue weighted by Gasteiger charge is -1.83. The van der Waals surface area contributed by atoms with E-state index in [1.54, 1.807) is 0 Å². The van der Waals surface area contributed by atoms with E-state index in [4.69, 9.17) is 5.11 Å². The van der Waals surface area contributed by atoms with E-state index in [2.05, 4.69) is 9.68 Å². The number of carboxylic acids is 1. The van der Waals surface area contributed by atoms with Gasteiger partial charge in [-0.1, -0.05) is 18.5 Å². The first-order valence-electron chi connectivity index (χ1n) is 3.43. The Bertz CT molecular complexity index is 254. The molecule has 60 valence electrons. The minimum absolute atomic E-state index is 0.0894. The first-order chi connectivity index (χ1) is 5.24. The molecule has 1 aromatic heterocycles. The fraction of sp³-hybridized carbons (Fsp3) is 0.429. The monoisotopic (exact) mass is 155 g/mol. The Morgan fingerprint density at radius 1 is 1.82 bits per heavy atom. The van der Waals surface area contributed by atoms with Gasteiger partial charge in [0.25, 0.3) is 0 Å². The van der Waals surface area contributed by atoms with E-state index in [1.165, 1.54) is 6.07 Å². The minimum atomic E-state index is -1.07. The number of aryl methyl sites for hydroxylation is 1. The number of aromatic carboxylic acids is 1. The number of rotatable bonds is 3. The molecule has 4 nitrogen and oxygen atoms in total. The van der Waals surface area contributed by atoms with Crippen molar-refractivity contribution in [2.75, 3.05) is 0 Å². The van der Waals surface area contributed by atoms with Crippen LogP contribution in [0, 0.1) is 0 Å². The van der Waals surface area contributed by atoms with Crippen LogP contribution >= 0.6 is 0 Å². The van der Waals surface area contributed by atoms with Crippen molar-refractivity contribution in [1.82, 2.24) is 5.16 Å². The lowest BCUT2D eigenvalue weighted by molar-refractivity contribution is 0.0652. The van der Waals surface area contributed by atoms with Gasteiger partial charge >= 0.3 is 5.97 Å². The van der Waals surface area contributed by atoms with E-state index >= 15 is 0 Å². The second-order valence-corrected chi connectivity index (χ2v) is 2.24. The van der Waals surface area contributed by atoms with E-state index in [0.29, 0.717) is 5.69 Å².